The first kappa shape index (κ1) is 25.4. The van der Waals surface area contributed by atoms with Crippen LogP contribution in [0.15, 0.2) is 71.2 Å². The van der Waals surface area contributed by atoms with E-state index in [0.29, 0.717) is 23.6 Å². The van der Waals surface area contributed by atoms with Crippen LogP contribution in [0, 0.1) is 0 Å². The Kier molecular flexibility index (Phi) is 8.05. The molecular weight excluding hydrogens is 504 g/mol. The number of sulfonamides is 1. The number of thiophene rings is 1. The third-order valence-corrected chi connectivity index (χ3v) is 8.29. The average Bonchev–Trinajstić information content (AvgIpc) is 3.59. The molecular formula is C23H24N6O5S2. The van der Waals surface area contributed by atoms with Gasteiger partial charge in [-0.2, -0.15) is 0 Å². The van der Waals surface area contributed by atoms with Crippen LogP contribution in [0.1, 0.15) is 23.7 Å². The van der Waals surface area contributed by atoms with Gasteiger partial charge in [-0.25, -0.2) is 23.3 Å². The molecule has 3 N–H and O–H groups in total. The predicted molar refractivity (Wildman–Crippen MR) is 132 cm³/mol. The number of carbonyl (C=O) groups is 1. The molecule has 0 aliphatic heterocycles. The van der Waals surface area contributed by atoms with E-state index in [1.165, 1.54) is 10.7 Å². The summed E-state index contributed by atoms with van der Waals surface area (Å²) in [5.41, 5.74) is 3.60. The number of aromatic nitrogens is 4. The number of methoxy groups -OCH3 is 1. The summed E-state index contributed by atoms with van der Waals surface area (Å²) in [6.45, 7) is -0.0861. The standard InChI is InChI=1S/C23H24N6O5S2/c1-34-19-6-4-5-16(12-19)11-18(13-22(30)27-31)29-15-17(26-28-29)14-25-36(32,33)23-9-8-21(35-23)20-7-2-3-10-24-20/h2-10,12,15,18,25,31H,11,13-14H2,1H3,(H,27,30)/t18-/m0/s1. The average molecular weight is 529 g/mol. The van der Waals surface area contributed by atoms with E-state index in [4.69, 9.17) is 9.94 Å². The number of hydroxylamine groups is 1. The molecule has 0 bridgehead atoms. The largest absolute Gasteiger partial charge is 0.497 e. The molecule has 0 aliphatic carbocycles. The Labute approximate surface area is 211 Å². The number of rotatable bonds is 11. The third-order valence-electron chi connectivity index (χ3n) is 5.29. The molecule has 188 valence electrons. The number of carbonyl (C=O) groups excluding carboxylic acids is 1. The lowest BCUT2D eigenvalue weighted by atomic mass is 10.0. The highest BCUT2D eigenvalue weighted by Gasteiger charge is 2.21. The van der Waals surface area contributed by atoms with Crippen molar-refractivity contribution in [3.05, 3.63) is 78.2 Å². The van der Waals surface area contributed by atoms with E-state index in [2.05, 4.69) is 20.0 Å². The summed E-state index contributed by atoms with van der Waals surface area (Å²) in [5.74, 6) is 0.0911. The number of hydrogen-bond acceptors (Lipinski definition) is 9. The second kappa shape index (κ2) is 11.4. The first-order valence-electron chi connectivity index (χ1n) is 10.9. The van der Waals surface area contributed by atoms with Crippen molar-refractivity contribution >= 4 is 27.3 Å². The highest BCUT2D eigenvalue weighted by atomic mass is 32.2. The highest BCUT2D eigenvalue weighted by molar-refractivity contribution is 7.91. The van der Waals surface area contributed by atoms with E-state index in [9.17, 15) is 13.2 Å². The Morgan fingerprint density at radius 3 is 2.81 bits per heavy atom. The zero-order valence-corrected chi connectivity index (χ0v) is 20.9. The van der Waals surface area contributed by atoms with E-state index in [0.717, 1.165) is 21.8 Å². The zero-order chi connectivity index (χ0) is 25.5. The summed E-state index contributed by atoms with van der Waals surface area (Å²) in [7, 11) is -2.22. The van der Waals surface area contributed by atoms with Crippen molar-refractivity contribution in [3.8, 4) is 16.3 Å². The monoisotopic (exact) mass is 528 g/mol. The van der Waals surface area contributed by atoms with Gasteiger partial charge in [-0.15, -0.1) is 16.4 Å². The fraction of sp³-hybridized carbons (Fsp3) is 0.217. The van der Waals surface area contributed by atoms with Gasteiger partial charge in [0.25, 0.3) is 0 Å². The quantitative estimate of drug-likeness (QED) is 0.199. The maximum Gasteiger partial charge on any atom is 0.250 e. The van der Waals surface area contributed by atoms with Gasteiger partial charge >= 0.3 is 0 Å². The predicted octanol–water partition coefficient (Wildman–Crippen LogP) is 2.57. The summed E-state index contributed by atoms with van der Waals surface area (Å²) in [6.07, 6.45) is 3.57. The first-order chi connectivity index (χ1) is 17.4. The van der Waals surface area contributed by atoms with Gasteiger partial charge in [0.15, 0.2) is 0 Å². The van der Waals surface area contributed by atoms with Crippen molar-refractivity contribution in [2.24, 2.45) is 0 Å². The van der Waals surface area contributed by atoms with Crippen molar-refractivity contribution in [3.63, 3.8) is 0 Å². The lowest BCUT2D eigenvalue weighted by molar-refractivity contribution is -0.130. The Bertz CT molecular complexity index is 1420. The highest BCUT2D eigenvalue weighted by Crippen LogP contribution is 2.29. The topological polar surface area (TPSA) is 148 Å². The molecule has 1 atom stereocenters. The number of pyridine rings is 1. The molecule has 4 rings (SSSR count). The normalized spacial score (nSPS) is 12.3. The van der Waals surface area contributed by atoms with Crippen molar-refractivity contribution in [2.75, 3.05) is 7.11 Å². The van der Waals surface area contributed by atoms with Gasteiger partial charge in [-0.05, 0) is 48.4 Å². The molecule has 11 nitrogen and oxygen atoms in total. The number of nitrogens with zero attached hydrogens (tertiary/aromatic N) is 4. The van der Waals surface area contributed by atoms with Crippen LogP contribution in [0.2, 0.25) is 0 Å². The van der Waals surface area contributed by atoms with Crippen LogP contribution in [0.25, 0.3) is 10.6 Å². The maximum absolute atomic E-state index is 12.8. The van der Waals surface area contributed by atoms with E-state index >= 15 is 0 Å². The van der Waals surface area contributed by atoms with E-state index in [1.807, 2.05) is 36.4 Å². The molecule has 0 saturated carbocycles. The van der Waals surface area contributed by atoms with E-state index < -0.39 is 22.0 Å². The van der Waals surface area contributed by atoms with Crippen molar-refractivity contribution in [1.82, 2.24) is 30.2 Å². The summed E-state index contributed by atoms with van der Waals surface area (Å²) < 4.78 is 35.1. The van der Waals surface area contributed by atoms with Crippen LogP contribution in [0.3, 0.4) is 0 Å². The van der Waals surface area contributed by atoms with Crippen LogP contribution in [-0.4, -0.2) is 46.6 Å². The fourth-order valence-corrected chi connectivity index (χ4v) is 5.84. The van der Waals surface area contributed by atoms with Gasteiger partial charge in [0.1, 0.15) is 9.96 Å². The Hall–Kier alpha value is -3.65. The van der Waals surface area contributed by atoms with Gasteiger partial charge in [-0.1, -0.05) is 23.4 Å². The van der Waals surface area contributed by atoms with Gasteiger partial charge in [0.2, 0.25) is 15.9 Å². The minimum Gasteiger partial charge on any atom is -0.497 e. The minimum absolute atomic E-state index is 0.0618. The second-order valence-corrected chi connectivity index (χ2v) is 10.9. The molecule has 1 amide bonds. The lowest BCUT2D eigenvalue weighted by Crippen LogP contribution is -2.25. The van der Waals surface area contributed by atoms with Crippen molar-refractivity contribution in [1.29, 1.82) is 0 Å². The summed E-state index contributed by atoms with van der Waals surface area (Å²) in [4.78, 5) is 16.9. The third kappa shape index (κ3) is 6.31. The molecule has 13 heteroatoms. The number of hydrogen-bond donors (Lipinski definition) is 3. The minimum atomic E-state index is -3.78. The number of benzene rings is 1. The molecule has 0 fully saturated rings. The Morgan fingerprint density at radius 2 is 2.06 bits per heavy atom. The Balaban J connectivity index is 1.46. The van der Waals surface area contributed by atoms with E-state index in [-0.39, 0.29) is 17.2 Å². The van der Waals surface area contributed by atoms with Gasteiger partial charge < -0.3 is 4.74 Å². The SMILES string of the molecule is COc1cccc(C[C@@H](CC(=O)NO)n2cc(CNS(=O)(=O)c3ccc(-c4ccccn4)s3)nn2)c1. The Morgan fingerprint density at radius 1 is 1.19 bits per heavy atom. The first-order valence-corrected chi connectivity index (χ1v) is 13.2. The summed E-state index contributed by atoms with van der Waals surface area (Å²) in [6, 6.07) is 15.6. The summed E-state index contributed by atoms with van der Waals surface area (Å²) in [5, 5.41) is 17.1. The molecule has 36 heavy (non-hydrogen) atoms. The van der Waals surface area contributed by atoms with Crippen molar-refractivity contribution < 1.29 is 23.2 Å². The number of amides is 1. The molecule has 3 aromatic heterocycles. The smallest absolute Gasteiger partial charge is 0.250 e. The van der Waals surface area contributed by atoms with Crippen LogP contribution in [0.4, 0.5) is 0 Å². The maximum atomic E-state index is 12.8. The molecule has 0 spiro atoms. The number of ether oxygens (including phenoxy) is 1. The zero-order valence-electron chi connectivity index (χ0n) is 19.2. The second-order valence-electron chi connectivity index (χ2n) is 7.80. The lowest BCUT2D eigenvalue weighted by Gasteiger charge is -2.16. The van der Waals surface area contributed by atoms with Gasteiger partial charge in [0, 0.05) is 6.20 Å². The molecule has 4 aromatic rings. The molecule has 1 aromatic carbocycles. The molecule has 0 aliphatic rings. The van der Waals surface area contributed by atoms with E-state index in [1.54, 1.807) is 37.1 Å². The fourth-order valence-electron chi connectivity index (χ4n) is 3.51. The summed E-state index contributed by atoms with van der Waals surface area (Å²) >= 11 is 1.12. The molecule has 0 radical (unpaired) electrons. The van der Waals surface area contributed by atoms with Crippen LogP contribution in [-0.2, 0) is 27.8 Å². The van der Waals surface area contributed by atoms with Gasteiger partial charge in [0.05, 0.1) is 48.6 Å². The van der Waals surface area contributed by atoms with Crippen LogP contribution >= 0.6 is 11.3 Å². The van der Waals surface area contributed by atoms with Crippen LogP contribution in [0.5, 0.6) is 5.75 Å². The van der Waals surface area contributed by atoms with Gasteiger partial charge in [-0.3, -0.25) is 15.0 Å². The number of nitrogens with one attached hydrogen (secondary N) is 2. The molecule has 0 saturated heterocycles. The van der Waals surface area contributed by atoms with Crippen LogP contribution < -0.4 is 14.9 Å². The van der Waals surface area contributed by atoms with Crippen molar-refractivity contribution in [2.45, 2.75) is 29.6 Å². The molecule has 3 heterocycles. The molecule has 0 unspecified atom stereocenters.